The Morgan fingerprint density at radius 3 is 2.28 bits per heavy atom. The van der Waals surface area contributed by atoms with Crippen LogP contribution in [0.1, 0.15) is 39.5 Å². The van der Waals surface area contributed by atoms with Crippen molar-refractivity contribution in [2.75, 3.05) is 0 Å². The van der Waals surface area contributed by atoms with Crippen LogP contribution in [0.15, 0.2) is 60.7 Å². The van der Waals surface area contributed by atoms with Gasteiger partial charge in [0.05, 0.1) is 27.2 Å². The zero-order valence-electron chi connectivity index (χ0n) is 20.2. The maximum atomic E-state index is 11.6. The predicted octanol–water partition coefficient (Wildman–Crippen LogP) is 6.11. The van der Waals surface area contributed by atoms with Crippen LogP contribution in [0.5, 0.6) is 6.01 Å². The lowest BCUT2D eigenvalue weighted by molar-refractivity contribution is -0.171. The van der Waals surface area contributed by atoms with E-state index in [1.54, 1.807) is 19.9 Å². The summed E-state index contributed by atoms with van der Waals surface area (Å²) in [5, 5.41) is 20.9. The molecule has 0 saturated heterocycles. The Morgan fingerprint density at radius 2 is 1.64 bits per heavy atom. The molecule has 2 heterocycles. The fraction of sp³-hybridized carbons (Fsp3) is 0.321. The average molecular weight is 506 g/mol. The van der Waals surface area contributed by atoms with Crippen LogP contribution in [0.4, 0.5) is 0 Å². The van der Waals surface area contributed by atoms with Gasteiger partial charge in [-0.25, -0.2) is 4.98 Å². The summed E-state index contributed by atoms with van der Waals surface area (Å²) >= 11 is 6.57. The first-order valence-electron chi connectivity index (χ1n) is 12.0. The molecule has 7 nitrogen and oxygen atoms in total. The third kappa shape index (κ3) is 4.45. The molecule has 0 atom stereocenters. The van der Waals surface area contributed by atoms with Crippen molar-refractivity contribution in [1.29, 1.82) is 0 Å². The zero-order valence-corrected chi connectivity index (χ0v) is 20.9. The van der Waals surface area contributed by atoms with E-state index in [1.807, 2.05) is 42.5 Å². The van der Waals surface area contributed by atoms with E-state index in [9.17, 15) is 15.0 Å². The minimum absolute atomic E-state index is 0.184. The molecule has 4 aromatic rings. The Bertz CT molecular complexity index is 1390. The summed E-state index contributed by atoms with van der Waals surface area (Å²) in [6, 6.07) is 20.3. The molecule has 0 unspecified atom stereocenters. The summed E-state index contributed by atoms with van der Waals surface area (Å²) in [4.78, 5) is 23.9. The van der Waals surface area contributed by atoms with Crippen LogP contribution in [0.2, 0.25) is 5.02 Å². The number of imidazole rings is 1. The van der Waals surface area contributed by atoms with Gasteiger partial charge >= 0.3 is 5.97 Å². The van der Waals surface area contributed by atoms with Crippen LogP contribution < -0.4 is 4.74 Å². The quantitative estimate of drug-likeness (QED) is 0.292. The second kappa shape index (κ2) is 9.22. The van der Waals surface area contributed by atoms with Crippen molar-refractivity contribution < 1.29 is 19.7 Å². The van der Waals surface area contributed by atoms with Gasteiger partial charge in [0, 0.05) is 5.56 Å². The third-order valence-electron chi connectivity index (χ3n) is 7.41. The van der Waals surface area contributed by atoms with E-state index in [4.69, 9.17) is 16.3 Å². The molecule has 8 heteroatoms. The standard InChI is InChI=1S/C28H28ClN3O4/c1-27(2,25(33)34)28(35)14-12-20(13-15-28)36-26-30-22-16-21(29)23(31-24(22)32-26)19-10-8-18(9-11-19)17-6-4-3-5-7-17/h3-11,16,20,35H,12-15H2,1-2H3,(H,33,34)(H,30,31,32). The highest BCUT2D eigenvalue weighted by molar-refractivity contribution is 6.33. The summed E-state index contributed by atoms with van der Waals surface area (Å²) in [6.45, 7) is 3.13. The van der Waals surface area contributed by atoms with Gasteiger partial charge in [-0.3, -0.25) is 4.79 Å². The van der Waals surface area contributed by atoms with Crippen LogP contribution in [0.25, 0.3) is 33.5 Å². The molecular formula is C28H28ClN3O4. The number of carbonyl (C=O) groups is 1. The van der Waals surface area contributed by atoms with Crippen LogP contribution >= 0.6 is 11.6 Å². The summed E-state index contributed by atoms with van der Waals surface area (Å²) < 4.78 is 6.05. The largest absolute Gasteiger partial charge is 0.481 e. The van der Waals surface area contributed by atoms with Gasteiger partial charge in [-0.15, -0.1) is 0 Å². The molecular weight excluding hydrogens is 478 g/mol. The van der Waals surface area contributed by atoms with Crippen LogP contribution in [0.3, 0.4) is 0 Å². The number of aliphatic hydroxyl groups is 1. The number of nitrogens with zero attached hydrogens (tertiary/aromatic N) is 2. The maximum absolute atomic E-state index is 11.6. The SMILES string of the molecule is CC(C)(C(=O)O)C1(O)CCC(Oc2nc3nc(-c4ccc(-c5ccccc5)cc4)c(Cl)cc3[nH]2)CC1. The van der Waals surface area contributed by atoms with Crippen LogP contribution in [-0.2, 0) is 4.79 Å². The summed E-state index contributed by atoms with van der Waals surface area (Å²) in [5.74, 6) is -1.00. The number of fused-ring (bicyclic) bond motifs is 1. The van der Waals surface area contributed by atoms with Crippen molar-refractivity contribution >= 4 is 28.7 Å². The number of nitrogens with one attached hydrogen (secondary N) is 1. The monoisotopic (exact) mass is 505 g/mol. The van der Waals surface area contributed by atoms with E-state index in [0.29, 0.717) is 53.6 Å². The molecule has 2 aromatic carbocycles. The van der Waals surface area contributed by atoms with E-state index < -0.39 is 17.0 Å². The molecule has 2 aromatic heterocycles. The number of aromatic nitrogens is 3. The number of hydrogen-bond donors (Lipinski definition) is 3. The lowest BCUT2D eigenvalue weighted by Crippen LogP contribution is -2.52. The van der Waals surface area contributed by atoms with E-state index in [2.05, 4.69) is 27.1 Å². The van der Waals surface area contributed by atoms with E-state index in [0.717, 1.165) is 16.7 Å². The molecule has 0 aliphatic heterocycles. The molecule has 1 fully saturated rings. The summed E-state index contributed by atoms with van der Waals surface area (Å²) in [5.41, 5.74) is 2.44. The van der Waals surface area contributed by atoms with Gasteiger partial charge in [0.25, 0.3) is 6.01 Å². The number of H-pyrrole nitrogens is 1. The van der Waals surface area contributed by atoms with Crippen molar-refractivity contribution in [2.45, 2.75) is 51.2 Å². The Labute approximate surface area is 214 Å². The van der Waals surface area contributed by atoms with Crippen molar-refractivity contribution in [3.8, 4) is 28.4 Å². The molecule has 1 aliphatic rings. The first kappa shape index (κ1) is 24.3. The minimum atomic E-state index is -1.27. The van der Waals surface area contributed by atoms with E-state index in [-0.39, 0.29) is 6.10 Å². The smallest absolute Gasteiger partial charge is 0.312 e. The molecule has 3 N–H and O–H groups in total. The summed E-state index contributed by atoms with van der Waals surface area (Å²) in [6.07, 6.45) is 1.54. The molecule has 0 bridgehead atoms. The number of rotatable bonds is 6. The molecule has 0 amide bonds. The first-order chi connectivity index (χ1) is 17.2. The van der Waals surface area contributed by atoms with E-state index >= 15 is 0 Å². The molecule has 0 spiro atoms. The lowest BCUT2D eigenvalue weighted by Gasteiger charge is -2.44. The van der Waals surface area contributed by atoms with Crippen LogP contribution in [0, 0.1) is 5.41 Å². The van der Waals surface area contributed by atoms with Gasteiger partial charge in [0.1, 0.15) is 6.10 Å². The number of carboxylic acid groups (broad SMARTS) is 1. The van der Waals surface area contributed by atoms with Crippen molar-refractivity contribution in [1.82, 2.24) is 15.0 Å². The molecule has 0 radical (unpaired) electrons. The highest BCUT2D eigenvalue weighted by Gasteiger charge is 2.50. The predicted molar refractivity (Wildman–Crippen MR) is 139 cm³/mol. The fourth-order valence-electron chi connectivity index (χ4n) is 4.77. The highest BCUT2D eigenvalue weighted by Crippen LogP contribution is 2.43. The maximum Gasteiger partial charge on any atom is 0.312 e. The zero-order chi connectivity index (χ0) is 25.5. The van der Waals surface area contributed by atoms with Gasteiger partial charge in [0.15, 0.2) is 5.65 Å². The third-order valence-corrected chi connectivity index (χ3v) is 7.69. The Kier molecular flexibility index (Phi) is 6.22. The fourth-order valence-corrected chi connectivity index (χ4v) is 5.03. The second-order valence-corrected chi connectivity index (χ2v) is 10.4. The average Bonchev–Trinajstić information content (AvgIpc) is 3.26. The van der Waals surface area contributed by atoms with Crippen molar-refractivity contribution in [3.05, 3.63) is 65.7 Å². The number of pyridine rings is 1. The van der Waals surface area contributed by atoms with Gasteiger partial charge < -0.3 is 19.9 Å². The summed E-state index contributed by atoms with van der Waals surface area (Å²) in [7, 11) is 0. The molecule has 1 aliphatic carbocycles. The molecule has 186 valence electrons. The number of carboxylic acids is 1. The molecule has 36 heavy (non-hydrogen) atoms. The minimum Gasteiger partial charge on any atom is -0.481 e. The lowest BCUT2D eigenvalue weighted by atomic mass is 9.66. The van der Waals surface area contributed by atoms with Crippen molar-refractivity contribution in [3.63, 3.8) is 0 Å². The van der Waals surface area contributed by atoms with Gasteiger partial charge in [-0.05, 0) is 56.7 Å². The first-order valence-corrected chi connectivity index (χ1v) is 12.4. The van der Waals surface area contributed by atoms with Crippen LogP contribution in [-0.4, -0.2) is 42.8 Å². The van der Waals surface area contributed by atoms with E-state index in [1.165, 1.54) is 0 Å². The Balaban J connectivity index is 1.32. The number of aliphatic carboxylic acids is 1. The number of hydrogen-bond acceptors (Lipinski definition) is 5. The number of benzene rings is 2. The topological polar surface area (TPSA) is 108 Å². The number of aromatic amines is 1. The number of ether oxygens (including phenoxy) is 1. The molecule has 5 rings (SSSR count). The van der Waals surface area contributed by atoms with Gasteiger partial charge in [-0.1, -0.05) is 66.2 Å². The number of halogens is 1. The van der Waals surface area contributed by atoms with Gasteiger partial charge in [-0.2, -0.15) is 4.98 Å². The Hall–Kier alpha value is -3.42. The Morgan fingerprint density at radius 1 is 1.03 bits per heavy atom. The highest BCUT2D eigenvalue weighted by atomic mass is 35.5. The van der Waals surface area contributed by atoms with Crippen molar-refractivity contribution in [2.24, 2.45) is 5.41 Å². The second-order valence-electron chi connectivity index (χ2n) is 9.95. The van der Waals surface area contributed by atoms with Gasteiger partial charge in [0.2, 0.25) is 0 Å². The molecule has 1 saturated carbocycles. The normalized spacial score (nSPS) is 20.4.